The number of aliphatic hydroxyl groups excluding tert-OH is 3. The molecule has 6 unspecified atom stereocenters. The fraction of sp³-hybridized carbons (Fsp3) is 0.979. The van der Waals surface area contributed by atoms with Crippen LogP contribution in [0.25, 0.3) is 0 Å². The molecule has 0 saturated carbocycles. The summed E-state index contributed by atoms with van der Waals surface area (Å²) in [6.07, 6.45) is 34.2. The Bertz CT molecular complexity index is 1080. The van der Waals surface area contributed by atoms with Crippen molar-refractivity contribution in [3.8, 4) is 0 Å². The second-order valence-corrected chi connectivity index (χ2v) is 18.8. The molecule has 0 aromatic heterocycles. The van der Waals surface area contributed by atoms with Gasteiger partial charge in [-0.1, -0.05) is 219 Å². The number of carbonyl (C=O) groups excluding carboxylic acids is 1. The molecule has 364 valence electrons. The molecule has 61 heavy (non-hydrogen) atoms. The van der Waals surface area contributed by atoms with Gasteiger partial charge in [-0.3, -0.25) is 9.35 Å². The summed E-state index contributed by atoms with van der Waals surface area (Å²) < 4.78 is 59.2. The van der Waals surface area contributed by atoms with Crippen LogP contribution in [0, 0.1) is 0 Å². The van der Waals surface area contributed by atoms with Gasteiger partial charge in [0.25, 0.3) is 0 Å². The van der Waals surface area contributed by atoms with Gasteiger partial charge in [-0.2, -0.15) is 8.42 Å². The van der Waals surface area contributed by atoms with E-state index in [0.717, 1.165) is 38.5 Å². The standard InChI is InChI=1S/C48H94O12S/c1-3-5-7-9-11-13-15-17-19-20-21-22-23-25-27-29-31-33-35-37-44(50)58-42(41-57-48-46(52)47(60-61(53,54)55)45(51)43(39-49)59-48)40-56-38-36-34-32-30-28-26-24-18-16-14-12-10-8-6-4-2/h42-43,45-49,51-52H,3-41H2,1-2H3,(H,53,54,55). The predicted molar refractivity (Wildman–Crippen MR) is 244 cm³/mol. The SMILES string of the molecule is CCCCCCCCCCCCCCCCCCCCCC(=O)OC(COCCCCCCCCCCCCCCCCC)COC1OC(CO)C(O)C(OS(=O)(=O)O)C1O. The number of hydrogen-bond donors (Lipinski definition) is 4. The van der Waals surface area contributed by atoms with Gasteiger partial charge in [0.05, 0.1) is 19.8 Å². The average Bonchev–Trinajstić information content (AvgIpc) is 3.23. The second kappa shape index (κ2) is 40.6. The molecular formula is C48H94O12S. The Hall–Kier alpha value is -0.900. The Kier molecular flexibility index (Phi) is 38.7. The minimum Gasteiger partial charge on any atom is -0.457 e. The van der Waals surface area contributed by atoms with Gasteiger partial charge >= 0.3 is 16.4 Å². The van der Waals surface area contributed by atoms with Crippen LogP contribution in [-0.2, 0) is 38.3 Å². The Labute approximate surface area is 373 Å². The van der Waals surface area contributed by atoms with E-state index in [2.05, 4.69) is 18.0 Å². The third-order valence-electron chi connectivity index (χ3n) is 12.0. The first-order valence-corrected chi connectivity index (χ1v) is 26.7. The molecular weight excluding hydrogens is 801 g/mol. The van der Waals surface area contributed by atoms with E-state index in [1.807, 2.05) is 0 Å². The molecule has 1 saturated heterocycles. The zero-order chi connectivity index (χ0) is 44.7. The van der Waals surface area contributed by atoms with Crippen molar-refractivity contribution < 1.29 is 56.2 Å². The first-order valence-electron chi connectivity index (χ1n) is 25.3. The summed E-state index contributed by atoms with van der Waals surface area (Å²) in [5.74, 6) is -0.391. The van der Waals surface area contributed by atoms with E-state index in [1.54, 1.807) is 0 Å². The van der Waals surface area contributed by atoms with Crippen LogP contribution in [0.15, 0.2) is 0 Å². The molecule has 0 aliphatic carbocycles. The van der Waals surface area contributed by atoms with Crippen LogP contribution in [0.1, 0.15) is 239 Å². The summed E-state index contributed by atoms with van der Waals surface area (Å²) in [7, 11) is -5.06. The van der Waals surface area contributed by atoms with Crippen LogP contribution in [0.2, 0.25) is 0 Å². The summed E-state index contributed by atoms with van der Waals surface area (Å²) >= 11 is 0. The van der Waals surface area contributed by atoms with Crippen LogP contribution >= 0.6 is 0 Å². The van der Waals surface area contributed by atoms with E-state index in [0.29, 0.717) is 13.0 Å². The molecule has 4 N–H and O–H groups in total. The molecule has 1 aliphatic heterocycles. The zero-order valence-electron chi connectivity index (χ0n) is 39.0. The number of ether oxygens (including phenoxy) is 4. The molecule has 0 aromatic rings. The highest BCUT2D eigenvalue weighted by Gasteiger charge is 2.48. The Balaban J connectivity index is 2.35. The van der Waals surface area contributed by atoms with E-state index < -0.39 is 59.8 Å². The van der Waals surface area contributed by atoms with E-state index in [9.17, 15) is 33.1 Å². The van der Waals surface area contributed by atoms with Crippen LogP contribution in [0.4, 0.5) is 0 Å². The monoisotopic (exact) mass is 895 g/mol. The Morgan fingerprint density at radius 3 is 1.31 bits per heavy atom. The maximum absolute atomic E-state index is 12.9. The van der Waals surface area contributed by atoms with Crippen LogP contribution in [0.5, 0.6) is 0 Å². The van der Waals surface area contributed by atoms with Crippen molar-refractivity contribution in [1.82, 2.24) is 0 Å². The number of rotatable bonds is 45. The minimum atomic E-state index is -5.06. The number of unbranched alkanes of at least 4 members (excludes halogenated alkanes) is 32. The lowest BCUT2D eigenvalue weighted by Crippen LogP contribution is -2.60. The van der Waals surface area contributed by atoms with Crippen molar-refractivity contribution in [3.63, 3.8) is 0 Å². The van der Waals surface area contributed by atoms with Gasteiger partial charge < -0.3 is 34.3 Å². The van der Waals surface area contributed by atoms with Crippen molar-refractivity contribution in [2.24, 2.45) is 0 Å². The van der Waals surface area contributed by atoms with Gasteiger partial charge in [0.1, 0.15) is 30.5 Å². The highest BCUT2D eigenvalue weighted by molar-refractivity contribution is 7.80. The van der Waals surface area contributed by atoms with Gasteiger partial charge in [0.2, 0.25) is 0 Å². The topological polar surface area (TPSA) is 178 Å². The number of esters is 1. The van der Waals surface area contributed by atoms with Gasteiger partial charge in [-0.05, 0) is 12.8 Å². The van der Waals surface area contributed by atoms with Crippen molar-refractivity contribution in [3.05, 3.63) is 0 Å². The molecule has 1 rings (SSSR count). The molecule has 1 heterocycles. The molecule has 1 aliphatic rings. The number of hydrogen-bond acceptors (Lipinski definition) is 11. The normalized spacial score (nSPS) is 20.0. The molecule has 0 radical (unpaired) electrons. The Morgan fingerprint density at radius 2 is 0.934 bits per heavy atom. The fourth-order valence-corrected chi connectivity index (χ4v) is 8.65. The first-order chi connectivity index (χ1) is 29.6. The molecule has 12 nitrogen and oxygen atoms in total. The molecule has 0 spiro atoms. The largest absolute Gasteiger partial charge is 0.457 e. The lowest BCUT2D eigenvalue weighted by Gasteiger charge is -2.41. The van der Waals surface area contributed by atoms with Gasteiger partial charge in [-0.25, -0.2) is 4.18 Å². The summed E-state index contributed by atoms with van der Waals surface area (Å²) in [6.45, 7) is 4.05. The zero-order valence-corrected chi connectivity index (χ0v) is 39.8. The average molecular weight is 895 g/mol. The van der Waals surface area contributed by atoms with E-state index in [1.165, 1.54) is 173 Å². The number of aliphatic hydroxyl groups is 3. The third-order valence-corrected chi connectivity index (χ3v) is 12.4. The lowest BCUT2D eigenvalue weighted by molar-refractivity contribution is -0.301. The maximum atomic E-state index is 12.9. The second-order valence-electron chi connectivity index (χ2n) is 17.8. The summed E-state index contributed by atoms with van der Waals surface area (Å²) in [6, 6.07) is 0. The van der Waals surface area contributed by atoms with Gasteiger partial charge in [0, 0.05) is 13.0 Å². The van der Waals surface area contributed by atoms with Gasteiger partial charge in [-0.15, -0.1) is 0 Å². The summed E-state index contributed by atoms with van der Waals surface area (Å²) in [5.41, 5.74) is 0. The number of carbonyl (C=O) groups is 1. The smallest absolute Gasteiger partial charge is 0.397 e. The third kappa shape index (κ3) is 34.2. The minimum absolute atomic E-state index is 0.0450. The van der Waals surface area contributed by atoms with Crippen LogP contribution in [-0.4, -0.2) is 97.5 Å². The van der Waals surface area contributed by atoms with E-state index >= 15 is 0 Å². The fourth-order valence-electron chi connectivity index (χ4n) is 8.15. The molecule has 0 aromatic carbocycles. The first kappa shape index (κ1) is 58.1. The van der Waals surface area contributed by atoms with Gasteiger partial charge in [0.15, 0.2) is 6.29 Å². The van der Waals surface area contributed by atoms with Crippen LogP contribution < -0.4 is 0 Å². The molecule has 0 amide bonds. The summed E-state index contributed by atoms with van der Waals surface area (Å²) in [5, 5.41) is 30.7. The van der Waals surface area contributed by atoms with Crippen molar-refractivity contribution in [1.29, 1.82) is 0 Å². The lowest BCUT2D eigenvalue weighted by atomic mass is 9.99. The van der Waals surface area contributed by atoms with E-state index in [-0.39, 0.29) is 19.6 Å². The highest BCUT2D eigenvalue weighted by Crippen LogP contribution is 2.26. The molecule has 1 fully saturated rings. The predicted octanol–water partition coefficient (Wildman–Crippen LogP) is 11.3. The molecule has 13 heteroatoms. The van der Waals surface area contributed by atoms with E-state index in [4.69, 9.17) is 18.9 Å². The maximum Gasteiger partial charge on any atom is 0.397 e. The quantitative estimate of drug-likeness (QED) is 0.0259. The molecule has 0 bridgehead atoms. The van der Waals surface area contributed by atoms with Crippen LogP contribution in [0.3, 0.4) is 0 Å². The summed E-state index contributed by atoms with van der Waals surface area (Å²) in [4.78, 5) is 12.9. The van der Waals surface area contributed by atoms with Crippen molar-refractivity contribution >= 4 is 16.4 Å². The molecule has 6 atom stereocenters. The highest BCUT2D eigenvalue weighted by atomic mass is 32.3. The van der Waals surface area contributed by atoms with Crippen molar-refractivity contribution in [2.45, 2.75) is 275 Å². The van der Waals surface area contributed by atoms with Crippen molar-refractivity contribution in [2.75, 3.05) is 26.4 Å². The Morgan fingerprint density at radius 1 is 0.557 bits per heavy atom.